The number of hydrogen-bond acceptors (Lipinski definition) is 6. The highest BCUT2D eigenvalue weighted by Crippen LogP contribution is 2.15. The minimum absolute atomic E-state index is 0.157. The highest BCUT2D eigenvalue weighted by molar-refractivity contribution is 5.96. The maximum Gasteiger partial charge on any atom is 0.326 e. The first-order valence-corrected chi connectivity index (χ1v) is 8.52. The molecule has 2 N–H and O–H groups in total. The molecule has 140 valence electrons. The maximum atomic E-state index is 12.3. The van der Waals surface area contributed by atoms with Crippen molar-refractivity contribution in [3.8, 4) is 5.75 Å². The number of benzene rings is 1. The third-order valence-electron chi connectivity index (χ3n) is 4.06. The first-order valence-electron chi connectivity index (χ1n) is 8.52. The van der Waals surface area contributed by atoms with Crippen LogP contribution in [0.2, 0.25) is 0 Å². The number of hydrogen-bond donors (Lipinski definition) is 2. The van der Waals surface area contributed by atoms with Gasteiger partial charge in [0.1, 0.15) is 11.8 Å². The van der Waals surface area contributed by atoms with E-state index in [-0.39, 0.29) is 12.5 Å². The van der Waals surface area contributed by atoms with Gasteiger partial charge in [-0.3, -0.25) is 4.79 Å². The van der Waals surface area contributed by atoms with Crippen molar-refractivity contribution in [1.29, 1.82) is 0 Å². The lowest BCUT2D eigenvalue weighted by molar-refractivity contribution is -0.140. The smallest absolute Gasteiger partial charge is 0.326 e. The molecule has 0 saturated carbocycles. The van der Waals surface area contributed by atoms with Crippen LogP contribution < -0.4 is 10.1 Å². The molecule has 26 heavy (non-hydrogen) atoms. The molecule has 0 radical (unpaired) electrons. The molecule has 1 aromatic heterocycles. The Labute approximate surface area is 151 Å². The van der Waals surface area contributed by atoms with Crippen LogP contribution in [0, 0.1) is 5.92 Å². The monoisotopic (exact) mass is 361 g/mol. The van der Waals surface area contributed by atoms with Crippen LogP contribution in [-0.2, 0) is 17.8 Å². The number of nitrogens with zero attached hydrogens (tertiary/aromatic N) is 2. The summed E-state index contributed by atoms with van der Waals surface area (Å²) in [4.78, 5) is 27.7. The topological polar surface area (TPSA) is 115 Å². The van der Waals surface area contributed by atoms with Crippen LogP contribution in [0.15, 0.2) is 28.8 Å². The van der Waals surface area contributed by atoms with Crippen molar-refractivity contribution in [3.05, 3.63) is 41.5 Å². The van der Waals surface area contributed by atoms with Crippen molar-refractivity contribution >= 4 is 11.9 Å². The molecular formula is C18H23N3O5. The van der Waals surface area contributed by atoms with Crippen molar-refractivity contribution in [2.75, 3.05) is 0 Å². The Morgan fingerprint density at radius 1 is 1.27 bits per heavy atom. The first-order chi connectivity index (χ1) is 12.4. The third-order valence-corrected chi connectivity index (χ3v) is 4.06. The molecular weight excluding hydrogens is 338 g/mol. The second-order valence-corrected chi connectivity index (χ2v) is 5.95. The van der Waals surface area contributed by atoms with Gasteiger partial charge >= 0.3 is 5.97 Å². The molecule has 0 aliphatic heterocycles. The van der Waals surface area contributed by atoms with Crippen LogP contribution >= 0.6 is 0 Å². The van der Waals surface area contributed by atoms with Gasteiger partial charge in [-0.25, -0.2) is 4.79 Å². The van der Waals surface area contributed by atoms with Crippen LogP contribution in [0.1, 0.15) is 49.3 Å². The number of ether oxygens (including phenoxy) is 1. The minimum atomic E-state index is -1.04. The Morgan fingerprint density at radius 3 is 2.50 bits per heavy atom. The van der Waals surface area contributed by atoms with Gasteiger partial charge in [-0.05, 0) is 30.2 Å². The lowest BCUT2D eigenvalue weighted by Crippen LogP contribution is -2.45. The lowest BCUT2D eigenvalue weighted by atomic mass is 9.99. The van der Waals surface area contributed by atoms with E-state index in [2.05, 4.69) is 15.5 Å². The zero-order valence-corrected chi connectivity index (χ0v) is 15.1. The third kappa shape index (κ3) is 5.05. The fourth-order valence-electron chi connectivity index (χ4n) is 2.25. The Bertz CT molecular complexity index is 742. The summed E-state index contributed by atoms with van der Waals surface area (Å²) in [5.74, 6) is -0.108. The molecule has 1 aromatic carbocycles. The molecule has 2 rings (SSSR count). The number of carboxylic acid groups (broad SMARTS) is 1. The largest absolute Gasteiger partial charge is 0.485 e. The lowest BCUT2D eigenvalue weighted by Gasteiger charge is -2.20. The van der Waals surface area contributed by atoms with Gasteiger partial charge in [0.15, 0.2) is 6.61 Å². The summed E-state index contributed by atoms with van der Waals surface area (Å²) in [6.45, 7) is 5.74. The molecule has 2 unspecified atom stereocenters. The minimum Gasteiger partial charge on any atom is -0.485 e. The second kappa shape index (κ2) is 8.98. The predicted molar refractivity (Wildman–Crippen MR) is 92.8 cm³/mol. The molecule has 0 bridgehead atoms. The van der Waals surface area contributed by atoms with E-state index in [9.17, 15) is 14.7 Å². The molecule has 8 nitrogen and oxygen atoms in total. The number of aromatic nitrogens is 2. The fourth-order valence-corrected chi connectivity index (χ4v) is 2.25. The van der Waals surface area contributed by atoms with Gasteiger partial charge in [-0.2, -0.15) is 4.98 Å². The molecule has 0 saturated heterocycles. The SMILES string of the molecule is CCc1nc(COc2ccc(C(=O)NC(C(=O)O)C(C)CC)cc2)no1. The van der Waals surface area contributed by atoms with E-state index in [4.69, 9.17) is 9.26 Å². The number of amides is 1. The highest BCUT2D eigenvalue weighted by atomic mass is 16.5. The molecule has 1 amide bonds. The van der Waals surface area contributed by atoms with E-state index in [1.165, 1.54) is 0 Å². The zero-order chi connectivity index (χ0) is 19.1. The van der Waals surface area contributed by atoms with Gasteiger partial charge < -0.3 is 19.7 Å². The van der Waals surface area contributed by atoms with Gasteiger partial charge in [0.2, 0.25) is 11.7 Å². The van der Waals surface area contributed by atoms with Crippen molar-refractivity contribution in [1.82, 2.24) is 15.5 Å². The maximum absolute atomic E-state index is 12.3. The number of aryl methyl sites for hydroxylation is 1. The van der Waals surface area contributed by atoms with Crippen LogP contribution in [-0.4, -0.2) is 33.2 Å². The molecule has 2 aromatic rings. The molecule has 0 spiro atoms. The molecule has 0 fully saturated rings. The van der Waals surface area contributed by atoms with E-state index in [0.717, 1.165) is 0 Å². The predicted octanol–water partition coefficient (Wildman–Crippen LogP) is 2.44. The Hall–Kier alpha value is -2.90. The van der Waals surface area contributed by atoms with E-state index in [0.29, 0.717) is 35.9 Å². The van der Waals surface area contributed by atoms with E-state index in [1.54, 1.807) is 31.2 Å². The van der Waals surface area contributed by atoms with Crippen LogP contribution in [0.25, 0.3) is 0 Å². The summed E-state index contributed by atoms with van der Waals surface area (Å²) in [5, 5.41) is 15.6. The molecule has 8 heteroatoms. The molecule has 2 atom stereocenters. The van der Waals surface area contributed by atoms with Gasteiger partial charge in [-0.15, -0.1) is 0 Å². The number of aliphatic carboxylic acids is 1. The Balaban J connectivity index is 1.95. The van der Waals surface area contributed by atoms with Crippen LogP contribution in [0.5, 0.6) is 5.75 Å². The molecule has 0 aliphatic carbocycles. The van der Waals surface area contributed by atoms with Crippen molar-refractivity contribution in [3.63, 3.8) is 0 Å². The van der Waals surface area contributed by atoms with Crippen LogP contribution in [0.3, 0.4) is 0 Å². The van der Waals surface area contributed by atoms with E-state index in [1.807, 2.05) is 13.8 Å². The van der Waals surface area contributed by atoms with E-state index >= 15 is 0 Å². The Kier molecular flexibility index (Phi) is 6.71. The molecule has 1 heterocycles. The number of carboxylic acids is 1. The van der Waals surface area contributed by atoms with Crippen LogP contribution in [0.4, 0.5) is 0 Å². The standard InChI is InChI=1S/C18H23N3O5/c1-4-11(3)16(18(23)24)20-17(22)12-6-8-13(9-7-12)25-10-14-19-15(5-2)26-21-14/h6-9,11,16H,4-5,10H2,1-3H3,(H,20,22)(H,23,24). The summed E-state index contributed by atoms with van der Waals surface area (Å²) >= 11 is 0. The fraction of sp³-hybridized carbons (Fsp3) is 0.444. The zero-order valence-electron chi connectivity index (χ0n) is 15.1. The number of rotatable bonds is 9. The average molecular weight is 361 g/mol. The average Bonchev–Trinajstić information content (AvgIpc) is 3.12. The quantitative estimate of drug-likeness (QED) is 0.705. The second-order valence-electron chi connectivity index (χ2n) is 5.95. The number of nitrogens with one attached hydrogen (secondary N) is 1. The molecule has 0 aliphatic rings. The van der Waals surface area contributed by atoms with Gasteiger partial charge in [0, 0.05) is 12.0 Å². The summed E-state index contributed by atoms with van der Waals surface area (Å²) in [6.07, 6.45) is 1.31. The van der Waals surface area contributed by atoms with Crippen molar-refractivity contribution in [2.24, 2.45) is 5.92 Å². The number of carbonyl (C=O) groups is 2. The normalized spacial score (nSPS) is 13.0. The Morgan fingerprint density at radius 2 is 1.96 bits per heavy atom. The summed E-state index contributed by atoms with van der Waals surface area (Å²) in [7, 11) is 0. The van der Waals surface area contributed by atoms with Gasteiger partial charge in [0.05, 0.1) is 0 Å². The van der Waals surface area contributed by atoms with Crippen molar-refractivity contribution < 1.29 is 24.0 Å². The van der Waals surface area contributed by atoms with Gasteiger partial charge in [0.25, 0.3) is 5.91 Å². The summed E-state index contributed by atoms with van der Waals surface area (Å²) in [6, 6.07) is 5.50. The van der Waals surface area contributed by atoms with Crippen molar-refractivity contribution in [2.45, 2.75) is 46.3 Å². The summed E-state index contributed by atoms with van der Waals surface area (Å²) in [5.41, 5.74) is 0.361. The summed E-state index contributed by atoms with van der Waals surface area (Å²) < 4.78 is 10.5. The number of carbonyl (C=O) groups excluding carboxylic acids is 1. The highest BCUT2D eigenvalue weighted by Gasteiger charge is 2.25. The van der Waals surface area contributed by atoms with Gasteiger partial charge in [-0.1, -0.05) is 32.3 Å². The van der Waals surface area contributed by atoms with E-state index < -0.39 is 17.9 Å². The first kappa shape index (κ1) is 19.4.